The van der Waals surface area contributed by atoms with Crippen LogP contribution >= 0.6 is 0 Å². The maximum atomic E-state index is 11.8. The molecule has 1 fully saturated rings. The Bertz CT molecular complexity index is 265. The fourth-order valence-corrected chi connectivity index (χ4v) is 1.71. The van der Waals surface area contributed by atoms with Crippen LogP contribution in [-0.2, 0) is 9.59 Å². The molecule has 0 radical (unpaired) electrons. The number of nitrogens with two attached hydrogens (primary N) is 2. The van der Waals surface area contributed by atoms with Crippen molar-refractivity contribution in [2.75, 3.05) is 13.1 Å². The maximum absolute atomic E-state index is 11.8. The van der Waals surface area contributed by atoms with Crippen LogP contribution in [0.25, 0.3) is 0 Å². The number of rotatable bonds is 3. The third-order valence-corrected chi connectivity index (χ3v) is 3.08. The Labute approximate surface area is 89.8 Å². The summed E-state index contributed by atoms with van der Waals surface area (Å²) in [6.07, 6.45) is 0.673. The normalized spacial score (nSPS) is 25.0. The lowest BCUT2D eigenvalue weighted by molar-refractivity contribution is -0.134. The zero-order chi connectivity index (χ0) is 11.6. The summed E-state index contributed by atoms with van der Waals surface area (Å²) in [5.74, 6) is -0.682. The lowest BCUT2D eigenvalue weighted by Crippen LogP contribution is -2.41. The Morgan fingerprint density at radius 3 is 2.40 bits per heavy atom. The highest BCUT2D eigenvalue weighted by atomic mass is 16.2. The average Bonchev–Trinajstić information content (AvgIpc) is 2.64. The van der Waals surface area contributed by atoms with Crippen LogP contribution in [0.3, 0.4) is 0 Å². The lowest BCUT2D eigenvalue weighted by Gasteiger charge is -2.22. The first kappa shape index (κ1) is 12.0. The lowest BCUT2D eigenvalue weighted by atomic mass is 10.0. The number of likely N-dealkylation sites (tertiary alicyclic amines) is 1. The quantitative estimate of drug-likeness (QED) is 0.650. The van der Waals surface area contributed by atoms with E-state index >= 15 is 0 Å². The van der Waals surface area contributed by atoms with Crippen LogP contribution in [0.1, 0.15) is 20.3 Å². The second-order valence-electron chi connectivity index (χ2n) is 4.32. The van der Waals surface area contributed by atoms with E-state index in [1.54, 1.807) is 4.90 Å². The van der Waals surface area contributed by atoms with E-state index in [4.69, 9.17) is 11.5 Å². The van der Waals surface area contributed by atoms with Gasteiger partial charge in [-0.2, -0.15) is 0 Å². The molecule has 5 nitrogen and oxygen atoms in total. The van der Waals surface area contributed by atoms with E-state index < -0.39 is 0 Å². The highest BCUT2D eigenvalue weighted by Crippen LogP contribution is 2.18. The molecule has 2 amide bonds. The van der Waals surface area contributed by atoms with Gasteiger partial charge in [-0.15, -0.1) is 0 Å². The minimum Gasteiger partial charge on any atom is -0.369 e. The smallest absolute Gasteiger partial charge is 0.226 e. The Kier molecular flexibility index (Phi) is 3.68. The summed E-state index contributed by atoms with van der Waals surface area (Å²) in [6.45, 7) is 4.68. The summed E-state index contributed by atoms with van der Waals surface area (Å²) in [5.41, 5.74) is 10.9. The largest absolute Gasteiger partial charge is 0.369 e. The van der Waals surface area contributed by atoms with Crippen molar-refractivity contribution in [2.24, 2.45) is 23.3 Å². The fourth-order valence-electron chi connectivity index (χ4n) is 1.71. The topological polar surface area (TPSA) is 89.4 Å². The first-order valence-corrected chi connectivity index (χ1v) is 5.27. The van der Waals surface area contributed by atoms with Crippen molar-refractivity contribution >= 4 is 11.8 Å². The van der Waals surface area contributed by atoms with E-state index in [0.717, 1.165) is 0 Å². The molecule has 1 aliphatic heterocycles. The Hall–Kier alpha value is -1.10. The van der Waals surface area contributed by atoms with Gasteiger partial charge < -0.3 is 16.4 Å². The van der Waals surface area contributed by atoms with Crippen molar-refractivity contribution in [3.05, 3.63) is 0 Å². The predicted octanol–water partition coefficient (Wildman–Crippen LogP) is -0.696. The van der Waals surface area contributed by atoms with Gasteiger partial charge in [-0.05, 0) is 13.3 Å². The third-order valence-electron chi connectivity index (χ3n) is 3.08. The monoisotopic (exact) mass is 213 g/mol. The molecular formula is C10H19N3O2. The number of amides is 2. The van der Waals surface area contributed by atoms with Crippen LogP contribution in [0, 0.1) is 11.8 Å². The number of hydrogen-bond donors (Lipinski definition) is 2. The van der Waals surface area contributed by atoms with Gasteiger partial charge in [0.05, 0.1) is 11.8 Å². The molecule has 3 atom stereocenters. The molecule has 1 heterocycles. The molecule has 86 valence electrons. The van der Waals surface area contributed by atoms with E-state index in [0.29, 0.717) is 19.5 Å². The summed E-state index contributed by atoms with van der Waals surface area (Å²) >= 11 is 0. The number of primary amides is 1. The van der Waals surface area contributed by atoms with E-state index in [-0.39, 0.29) is 29.7 Å². The van der Waals surface area contributed by atoms with Crippen molar-refractivity contribution in [3.8, 4) is 0 Å². The molecule has 0 saturated carbocycles. The Morgan fingerprint density at radius 1 is 1.40 bits per heavy atom. The molecule has 0 spiro atoms. The molecule has 4 N–H and O–H groups in total. The van der Waals surface area contributed by atoms with E-state index in [9.17, 15) is 9.59 Å². The molecular weight excluding hydrogens is 194 g/mol. The molecule has 0 aromatic carbocycles. The average molecular weight is 213 g/mol. The van der Waals surface area contributed by atoms with Gasteiger partial charge in [0, 0.05) is 19.1 Å². The summed E-state index contributed by atoms with van der Waals surface area (Å²) in [5, 5.41) is 0. The van der Waals surface area contributed by atoms with Crippen LogP contribution in [0.2, 0.25) is 0 Å². The fraction of sp³-hybridized carbons (Fsp3) is 0.800. The zero-order valence-corrected chi connectivity index (χ0v) is 9.27. The summed E-state index contributed by atoms with van der Waals surface area (Å²) in [7, 11) is 0. The maximum Gasteiger partial charge on any atom is 0.226 e. The minimum atomic E-state index is -0.321. The van der Waals surface area contributed by atoms with Crippen molar-refractivity contribution < 1.29 is 9.59 Å². The molecule has 15 heavy (non-hydrogen) atoms. The van der Waals surface area contributed by atoms with Crippen molar-refractivity contribution in [1.82, 2.24) is 4.90 Å². The van der Waals surface area contributed by atoms with Crippen LogP contribution < -0.4 is 11.5 Å². The van der Waals surface area contributed by atoms with E-state index in [1.165, 1.54) is 0 Å². The van der Waals surface area contributed by atoms with Gasteiger partial charge in [-0.25, -0.2) is 0 Å². The van der Waals surface area contributed by atoms with E-state index in [2.05, 4.69) is 0 Å². The molecule has 0 aliphatic carbocycles. The second kappa shape index (κ2) is 4.61. The molecule has 0 bridgehead atoms. The van der Waals surface area contributed by atoms with Crippen molar-refractivity contribution in [2.45, 2.75) is 26.3 Å². The van der Waals surface area contributed by atoms with Crippen molar-refractivity contribution in [1.29, 1.82) is 0 Å². The molecule has 1 aliphatic rings. The number of carbonyl (C=O) groups is 2. The minimum absolute atomic E-state index is 0.0220. The highest BCUT2D eigenvalue weighted by molar-refractivity contribution is 5.82. The standard InChI is InChI=1S/C10H19N3O2/c1-6(7(2)11)10(15)13-4-3-8(5-13)9(12)14/h6-8H,3-5,11H2,1-2H3,(H2,12,14). The highest BCUT2D eigenvalue weighted by Gasteiger charge is 2.32. The summed E-state index contributed by atoms with van der Waals surface area (Å²) in [6, 6.07) is -0.162. The van der Waals surface area contributed by atoms with Gasteiger partial charge in [-0.3, -0.25) is 9.59 Å². The van der Waals surface area contributed by atoms with Gasteiger partial charge in [0.15, 0.2) is 0 Å². The van der Waals surface area contributed by atoms with Gasteiger partial charge in [0.2, 0.25) is 11.8 Å². The SMILES string of the molecule is CC(N)C(C)C(=O)N1CCC(C(N)=O)C1. The van der Waals surface area contributed by atoms with Gasteiger partial charge in [-0.1, -0.05) is 6.92 Å². The molecule has 3 unspecified atom stereocenters. The number of carbonyl (C=O) groups excluding carboxylic acids is 2. The molecule has 1 saturated heterocycles. The van der Waals surface area contributed by atoms with Gasteiger partial charge in [0.1, 0.15) is 0 Å². The molecule has 0 aromatic heterocycles. The number of nitrogens with zero attached hydrogens (tertiary/aromatic N) is 1. The van der Waals surface area contributed by atoms with Crippen molar-refractivity contribution in [3.63, 3.8) is 0 Å². The van der Waals surface area contributed by atoms with Crippen LogP contribution in [0.15, 0.2) is 0 Å². The van der Waals surface area contributed by atoms with E-state index in [1.807, 2.05) is 13.8 Å². The first-order chi connectivity index (χ1) is 6.93. The van der Waals surface area contributed by atoms with Crippen LogP contribution in [-0.4, -0.2) is 35.8 Å². The number of hydrogen-bond acceptors (Lipinski definition) is 3. The summed E-state index contributed by atoms with van der Waals surface area (Å²) < 4.78 is 0. The van der Waals surface area contributed by atoms with Crippen LogP contribution in [0.4, 0.5) is 0 Å². The zero-order valence-electron chi connectivity index (χ0n) is 9.27. The van der Waals surface area contributed by atoms with Crippen LogP contribution in [0.5, 0.6) is 0 Å². The van der Waals surface area contributed by atoms with Gasteiger partial charge >= 0.3 is 0 Å². The second-order valence-corrected chi connectivity index (χ2v) is 4.32. The Balaban J connectivity index is 2.54. The molecule has 5 heteroatoms. The van der Waals surface area contributed by atoms with Gasteiger partial charge in [0.25, 0.3) is 0 Å². The Morgan fingerprint density at radius 2 is 2.00 bits per heavy atom. The summed E-state index contributed by atoms with van der Waals surface area (Å²) in [4.78, 5) is 24.5. The predicted molar refractivity (Wildman–Crippen MR) is 56.7 cm³/mol. The first-order valence-electron chi connectivity index (χ1n) is 5.27. The molecule has 1 rings (SSSR count). The molecule has 0 aromatic rings. The third kappa shape index (κ3) is 2.68.